The SMILES string of the molecule is [c]1cncc(-c2ccc3[nH]ccc3c2)c1. The van der Waals surface area contributed by atoms with Crippen molar-refractivity contribution in [3.05, 3.63) is 55.0 Å². The van der Waals surface area contributed by atoms with Gasteiger partial charge in [-0.1, -0.05) is 6.07 Å². The van der Waals surface area contributed by atoms with Gasteiger partial charge in [-0.25, -0.2) is 0 Å². The first-order valence-electron chi connectivity index (χ1n) is 4.82. The summed E-state index contributed by atoms with van der Waals surface area (Å²) in [6.45, 7) is 0. The van der Waals surface area contributed by atoms with Crippen molar-refractivity contribution in [1.29, 1.82) is 0 Å². The summed E-state index contributed by atoms with van der Waals surface area (Å²) in [7, 11) is 0. The molecule has 0 unspecified atom stereocenters. The fraction of sp³-hybridized carbons (Fsp3) is 0. The maximum absolute atomic E-state index is 4.07. The molecule has 1 N–H and O–H groups in total. The van der Waals surface area contributed by atoms with E-state index in [0.29, 0.717) is 0 Å². The minimum Gasteiger partial charge on any atom is -0.361 e. The standard InChI is InChI=1S/C13H9N2/c1-2-12(9-14-6-1)10-3-4-13-11(8-10)5-7-15-13/h2-9,15H. The van der Waals surface area contributed by atoms with Gasteiger partial charge in [0.05, 0.1) is 0 Å². The Kier molecular flexibility index (Phi) is 1.78. The van der Waals surface area contributed by atoms with Gasteiger partial charge in [0.1, 0.15) is 0 Å². The summed E-state index contributed by atoms with van der Waals surface area (Å²) in [6.07, 6.45) is 5.46. The molecule has 0 aliphatic carbocycles. The summed E-state index contributed by atoms with van der Waals surface area (Å²) in [5, 5.41) is 1.22. The predicted octanol–water partition coefficient (Wildman–Crippen LogP) is 3.03. The van der Waals surface area contributed by atoms with E-state index in [2.05, 4.69) is 40.3 Å². The first-order chi connectivity index (χ1) is 7.43. The van der Waals surface area contributed by atoms with Gasteiger partial charge >= 0.3 is 0 Å². The molecule has 0 saturated heterocycles. The van der Waals surface area contributed by atoms with Crippen molar-refractivity contribution in [3.8, 4) is 11.1 Å². The fourth-order valence-corrected chi connectivity index (χ4v) is 1.72. The third-order valence-electron chi connectivity index (χ3n) is 2.49. The van der Waals surface area contributed by atoms with Crippen LogP contribution >= 0.6 is 0 Å². The van der Waals surface area contributed by atoms with Gasteiger partial charge in [0.15, 0.2) is 0 Å². The molecule has 15 heavy (non-hydrogen) atoms. The maximum atomic E-state index is 4.07. The van der Waals surface area contributed by atoms with Crippen LogP contribution in [0.5, 0.6) is 0 Å². The lowest BCUT2D eigenvalue weighted by Crippen LogP contribution is -1.78. The van der Waals surface area contributed by atoms with E-state index < -0.39 is 0 Å². The van der Waals surface area contributed by atoms with E-state index in [0.717, 1.165) is 11.1 Å². The monoisotopic (exact) mass is 193 g/mol. The largest absolute Gasteiger partial charge is 0.361 e. The van der Waals surface area contributed by atoms with Crippen molar-refractivity contribution >= 4 is 10.9 Å². The number of nitrogens with one attached hydrogen (secondary N) is 1. The number of hydrogen-bond acceptors (Lipinski definition) is 1. The molecule has 3 aromatic rings. The lowest BCUT2D eigenvalue weighted by Gasteiger charge is -2.00. The molecule has 0 amide bonds. The molecule has 2 heteroatoms. The van der Waals surface area contributed by atoms with Crippen LogP contribution in [-0.4, -0.2) is 9.97 Å². The molecule has 0 saturated carbocycles. The molecule has 1 radical (unpaired) electrons. The number of fused-ring (bicyclic) bond motifs is 1. The van der Waals surface area contributed by atoms with Gasteiger partial charge in [0, 0.05) is 35.7 Å². The second-order valence-corrected chi connectivity index (χ2v) is 3.45. The summed E-state index contributed by atoms with van der Waals surface area (Å²) in [6, 6.07) is 13.3. The van der Waals surface area contributed by atoms with Gasteiger partial charge in [-0.15, -0.1) is 0 Å². The zero-order chi connectivity index (χ0) is 10.1. The molecule has 0 fully saturated rings. The van der Waals surface area contributed by atoms with Crippen molar-refractivity contribution in [2.45, 2.75) is 0 Å². The highest BCUT2D eigenvalue weighted by molar-refractivity contribution is 5.84. The van der Waals surface area contributed by atoms with E-state index >= 15 is 0 Å². The highest BCUT2D eigenvalue weighted by Gasteiger charge is 1.99. The quantitative estimate of drug-likeness (QED) is 0.632. The molecule has 3 rings (SSSR count). The molecular formula is C13H9N2. The van der Waals surface area contributed by atoms with Crippen molar-refractivity contribution < 1.29 is 0 Å². The van der Waals surface area contributed by atoms with E-state index in [1.54, 1.807) is 6.20 Å². The van der Waals surface area contributed by atoms with Crippen LogP contribution in [0.4, 0.5) is 0 Å². The number of aromatic amines is 1. The summed E-state index contributed by atoms with van der Waals surface area (Å²) in [5.41, 5.74) is 3.43. The van der Waals surface area contributed by atoms with Gasteiger partial charge < -0.3 is 4.98 Å². The smallest absolute Gasteiger partial charge is 0.0454 e. The van der Waals surface area contributed by atoms with Crippen LogP contribution in [0.25, 0.3) is 22.0 Å². The highest BCUT2D eigenvalue weighted by atomic mass is 14.7. The van der Waals surface area contributed by atoms with Gasteiger partial charge in [0.2, 0.25) is 0 Å². The predicted molar refractivity (Wildman–Crippen MR) is 60.4 cm³/mol. The molecule has 2 nitrogen and oxygen atoms in total. The molecule has 1 aromatic carbocycles. The van der Waals surface area contributed by atoms with E-state index in [1.165, 1.54) is 10.9 Å². The lowest BCUT2D eigenvalue weighted by molar-refractivity contribution is 1.32. The second-order valence-electron chi connectivity index (χ2n) is 3.45. The number of aromatic nitrogens is 2. The van der Waals surface area contributed by atoms with Crippen LogP contribution in [0.2, 0.25) is 0 Å². The van der Waals surface area contributed by atoms with E-state index in [1.807, 2.05) is 18.5 Å². The number of hydrogen-bond donors (Lipinski definition) is 1. The Bertz CT molecular complexity index is 582. The minimum absolute atomic E-state index is 1.10. The van der Waals surface area contributed by atoms with Crippen molar-refractivity contribution in [3.63, 3.8) is 0 Å². The summed E-state index contributed by atoms with van der Waals surface area (Å²) in [4.78, 5) is 7.24. The molecule has 0 aliphatic rings. The average Bonchev–Trinajstić information content (AvgIpc) is 2.77. The second kappa shape index (κ2) is 3.24. The number of nitrogens with zero attached hydrogens (tertiary/aromatic N) is 1. The summed E-state index contributed by atoms with van der Waals surface area (Å²) in [5.74, 6) is 0. The fourth-order valence-electron chi connectivity index (χ4n) is 1.72. The van der Waals surface area contributed by atoms with Gasteiger partial charge in [-0.2, -0.15) is 0 Å². The average molecular weight is 193 g/mol. The van der Waals surface area contributed by atoms with Crippen molar-refractivity contribution in [2.24, 2.45) is 0 Å². The van der Waals surface area contributed by atoms with Crippen LogP contribution < -0.4 is 0 Å². The Morgan fingerprint density at radius 3 is 3.00 bits per heavy atom. The molecule has 0 atom stereocenters. The highest BCUT2D eigenvalue weighted by Crippen LogP contribution is 2.22. The minimum atomic E-state index is 1.10. The van der Waals surface area contributed by atoms with E-state index in [4.69, 9.17) is 0 Å². The van der Waals surface area contributed by atoms with Crippen LogP contribution in [0.1, 0.15) is 0 Å². The Balaban J connectivity index is 2.19. The number of pyridine rings is 1. The van der Waals surface area contributed by atoms with E-state index in [-0.39, 0.29) is 0 Å². The number of rotatable bonds is 1. The maximum Gasteiger partial charge on any atom is 0.0454 e. The third-order valence-corrected chi connectivity index (χ3v) is 2.49. The zero-order valence-electron chi connectivity index (χ0n) is 8.07. The zero-order valence-corrected chi connectivity index (χ0v) is 8.07. The number of H-pyrrole nitrogens is 1. The van der Waals surface area contributed by atoms with Crippen molar-refractivity contribution in [2.75, 3.05) is 0 Å². The molecular weight excluding hydrogens is 184 g/mol. The van der Waals surface area contributed by atoms with E-state index in [9.17, 15) is 0 Å². The normalized spacial score (nSPS) is 10.7. The van der Waals surface area contributed by atoms with Gasteiger partial charge in [0.25, 0.3) is 0 Å². The molecule has 2 heterocycles. The Hall–Kier alpha value is -2.09. The Morgan fingerprint density at radius 1 is 1.13 bits per heavy atom. The third kappa shape index (κ3) is 1.40. The molecule has 2 aromatic heterocycles. The first kappa shape index (κ1) is 8.24. The molecule has 0 bridgehead atoms. The van der Waals surface area contributed by atoms with Crippen molar-refractivity contribution in [1.82, 2.24) is 9.97 Å². The van der Waals surface area contributed by atoms with Crippen LogP contribution in [0, 0.1) is 6.07 Å². The Morgan fingerprint density at radius 2 is 2.13 bits per heavy atom. The van der Waals surface area contributed by atoms with Crippen LogP contribution in [0.15, 0.2) is 48.9 Å². The summed E-state index contributed by atoms with van der Waals surface area (Å²) < 4.78 is 0. The van der Waals surface area contributed by atoms with Crippen LogP contribution in [0.3, 0.4) is 0 Å². The Labute approximate surface area is 87.6 Å². The van der Waals surface area contributed by atoms with Crippen LogP contribution in [-0.2, 0) is 0 Å². The molecule has 0 spiro atoms. The topological polar surface area (TPSA) is 28.7 Å². The lowest BCUT2D eigenvalue weighted by atomic mass is 10.1. The van der Waals surface area contributed by atoms with Gasteiger partial charge in [-0.3, -0.25) is 4.98 Å². The molecule has 71 valence electrons. The summed E-state index contributed by atoms with van der Waals surface area (Å²) >= 11 is 0. The first-order valence-corrected chi connectivity index (χ1v) is 4.82. The number of benzene rings is 1. The molecule has 0 aliphatic heterocycles. The van der Waals surface area contributed by atoms with Gasteiger partial charge in [-0.05, 0) is 35.2 Å².